The lowest BCUT2D eigenvalue weighted by atomic mass is 10.1. The first kappa shape index (κ1) is 22.3. The molecule has 0 saturated heterocycles. The van der Waals surface area contributed by atoms with Crippen LogP contribution in [0.2, 0.25) is 5.02 Å². The van der Waals surface area contributed by atoms with Gasteiger partial charge in [-0.05, 0) is 71.3 Å². The zero-order valence-corrected chi connectivity index (χ0v) is 18.7. The summed E-state index contributed by atoms with van der Waals surface area (Å²) in [6, 6.07) is 13.7. The van der Waals surface area contributed by atoms with Gasteiger partial charge >= 0.3 is 0 Å². The molecule has 168 valence electrons. The molecule has 0 aliphatic heterocycles. The van der Waals surface area contributed by atoms with E-state index in [2.05, 4.69) is 35.8 Å². The molecule has 1 amide bonds. The van der Waals surface area contributed by atoms with E-state index >= 15 is 0 Å². The molecule has 0 aliphatic rings. The standard InChI is InChI=1S/C20H17ClN8O3S/c1-11(12-2-6-14(30)7-3-12)23-25-20(31)17-16(10-33-15-8-4-13(21)5-9-15)29(28-24-17)19-18(22)26-32-27-19/h2-9,30H,10H2,1H3,(H2,22,26)(H,25,31)/b23-11-. The van der Waals surface area contributed by atoms with Gasteiger partial charge in [-0.3, -0.25) is 4.79 Å². The molecular formula is C20H17ClN8O3S. The fourth-order valence-electron chi connectivity index (χ4n) is 2.75. The number of nitrogens with zero attached hydrogens (tertiary/aromatic N) is 6. The third kappa shape index (κ3) is 5.13. The Morgan fingerprint density at radius 1 is 1.21 bits per heavy atom. The van der Waals surface area contributed by atoms with E-state index in [1.807, 2.05) is 12.1 Å². The molecule has 2 heterocycles. The zero-order chi connectivity index (χ0) is 23.4. The van der Waals surface area contributed by atoms with Crippen LogP contribution in [0.5, 0.6) is 5.75 Å². The van der Waals surface area contributed by atoms with Crippen LogP contribution in [-0.2, 0) is 5.75 Å². The van der Waals surface area contributed by atoms with Crippen LogP contribution in [0.25, 0.3) is 5.82 Å². The van der Waals surface area contributed by atoms with Gasteiger partial charge in [0.25, 0.3) is 5.91 Å². The molecule has 0 radical (unpaired) electrons. The fraction of sp³-hybridized carbons (Fsp3) is 0.100. The smallest absolute Gasteiger partial charge is 0.293 e. The van der Waals surface area contributed by atoms with Gasteiger partial charge in [0, 0.05) is 15.7 Å². The minimum Gasteiger partial charge on any atom is -0.508 e. The number of rotatable bonds is 7. The van der Waals surface area contributed by atoms with Crippen LogP contribution in [0.1, 0.15) is 28.7 Å². The Labute approximate surface area is 196 Å². The van der Waals surface area contributed by atoms with E-state index in [0.717, 1.165) is 10.5 Å². The minimum absolute atomic E-state index is 0.00537. The maximum atomic E-state index is 12.9. The molecule has 0 saturated carbocycles. The first-order chi connectivity index (χ1) is 15.9. The second-order valence-electron chi connectivity index (χ2n) is 6.70. The maximum absolute atomic E-state index is 12.9. The van der Waals surface area contributed by atoms with Crippen molar-refractivity contribution in [3.8, 4) is 11.6 Å². The zero-order valence-electron chi connectivity index (χ0n) is 17.1. The van der Waals surface area contributed by atoms with Crippen LogP contribution in [0.3, 0.4) is 0 Å². The summed E-state index contributed by atoms with van der Waals surface area (Å²) in [5, 5.41) is 29.5. The Kier molecular flexibility index (Phi) is 6.56. The number of hydrogen-bond donors (Lipinski definition) is 3. The lowest BCUT2D eigenvalue weighted by molar-refractivity contribution is 0.0949. The molecule has 0 aliphatic carbocycles. The van der Waals surface area contributed by atoms with E-state index in [-0.39, 0.29) is 23.1 Å². The quantitative estimate of drug-likeness (QED) is 0.203. The first-order valence-electron chi connectivity index (χ1n) is 9.47. The number of benzene rings is 2. The Morgan fingerprint density at radius 3 is 2.61 bits per heavy atom. The van der Waals surface area contributed by atoms with Crippen LogP contribution in [0, 0.1) is 0 Å². The van der Waals surface area contributed by atoms with Crippen LogP contribution in [0.15, 0.2) is 63.2 Å². The van der Waals surface area contributed by atoms with Gasteiger partial charge < -0.3 is 10.8 Å². The van der Waals surface area contributed by atoms with E-state index in [0.29, 0.717) is 22.2 Å². The van der Waals surface area contributed by atoms with Gasteiger partial charge in [0.15, 0.2) is 5.69 Å². The summed E-state index contributed by atoms with van der Waals surface area (Å²) in [7, 11) is 0. The average Bonchev–Trinajstić information content (AvgIpc) is 3.43. The molecule has 0 fully saturated rings. The minimum atomic E-state index is -0.568. The van der Waals surface area contributed by atoms with Gasteiger partial charge in [-0.1, -0.05) is 16.8 Å². The van der Waals surface area contributed by atoms with Gasteiger partial charge in [0.1, 0.15) is 5.75 Å². The van der Waals surface area contributed by atoms with Crippen LogP contribution in [0.4, 0.5) is 5.82 Å². The summed E-state index contributed by atoms with van der Waals surface area (Å²) in [6.07, 6.45) is 0. The number of phenols is 1. The van der Waals surface area contributed by atoms with E-state index in [4.69, 9.17) is 17.3 Å². The third-order valence-corrected chi connectivity index (χ3v) is 5.75. The van der Waals surface area contributed by atoms with Gasteiger partial charge in [-0.2, -0.15) is 9.78 Å². The van der Waals surface area contributed by atoms with Crippen LogP contribution in [-0.4, -0.2) is 42.0 Å². The number of thioether (sulfide) groups is 1. The summed E-state index contributed by atoms with van der Waals surface area (Å²) in [5.41, 5.74) is 10.0. The van der Waals surface area contributed by atoms with Gasteiger partial charge in [-0.15, -0.1) is 16.9 Å². The van der Waals surface area contributed by atoms with Gasteiger partial charge in [0.2, 0.25) is 11.6 Å². The second-order valence-corrected chi connectivity index (χ2v) is 8.18. The molecule has 4 rings (SSSR count). The summed E-state index contributed by atoms with van der Waals surface area (Å²) < 4.78 is 5.97. The molecule has 2 aromatic heterocycles. The lowest BCUT2D eigenvalue weighted by Gasteiger charge is -2.06. The predicted molar refractivity (Wildman–Crippen MR) is 122 cm³/mol. The number of aromatic nitrogens is 5. The van der Waals surface area contributed by atoms with Gasteiger partial charge in [-0.25, -0.2) is 10.1 Å². The van der Waals surface area contributed by atoms with Crippen molar-refractivity contribution >= 4 is 40.8 Å². The van der Waals surface area contributed by atoms with E-state index in [1.165, 1.54) is 28.6 Å². The molecule has 0 bridgehead atoms. The Balaban J connectivity index is 1.59. The van der Waals surface area contributed by atoms with E-state index in [9.17, 15) is 9.90 Å². The Bertz CT molecular complexity index is 1300. The van der Waals surface area contributed by atoms with Crippen molar-refractivity contribution in [1.82, 2.24) is 30.7 Å². The number of carbonyl (C=O) groups excluding carboxylic acids is 1. The van der Waals surface area contributed by atoms with Crippen LogP contribution >= 0.6 is 23.4 Å². The average molecular weight is 485 g/mol. The Hall–Kier alpha value is -3.90. The van der Waals surface area contributed by atoms with E-state index < -0.39 is 5.91 Å². The number of phenolic OH excluding ortho intramolecular Hbond substituents is 1. The van der Waals surface area contributed by atoms with Crippen molar-refractivity contribution in [2.45, 2.75) is 17.6 Å². The topological polar surface area (TPSA) is 157 Å². The number of hydrogen-bond acceptors (Lipinski definition) is 10. The molecule has 4 aromatic rings. The lowest BCUT2D eigenvalue weighted by Crippen LogP contribution is -2.21. The normalized spacial score (nSPS) is 11.5. The summed E-state index contributed by atoms with van der Waals surface area (Å²) >= 11 is 7.39. The SMILES string of the molecule is C/C(=N/NC(=O)c1nnn(-c2nonc2N)c1CSc1ccc(Cl)cc1)c1ccc(O)cc1. The highest BCUT2D eigenvalue weighted by Crippen LogP contribution is 2.27. The predicted octanol–water partition coefficient (Wildman–Crippen LogP) is 3.04. The highest BCUT2D eigenvalue weighted by Gasteiger charge is 2.24. The number of nitrogens with one attached hydrogen (secondary N) is 1. The maximum Gasteiger partial charge on any atom is 0.293 e. The molecule has 0 unspecified atom stereocenters. The number of aromatic hydroxyl groups is 1. The second kappa shape index (κ2) is 9.71. The van der Waals surface area contributed by atoms with Crippen molar-refractivity contribution < 1.29 is 14.5 Å². The number of halogens is 1. The number of anilines is 1. The largest absolute Gasteiger partial charge is 0.508 e. The Morgan fingerprint density at radius 2 is 1.94 bits per heavy atom. The number of nitrogen functional groups attached to an aromatic ring is 1. The third-order valence-electron chi connectivity index (χ3n) is 4.47. The summed E-state index contributed by atoms with van der Waals surface area (Å²) in [5.74, 6) is 0.00485. The number of nitrogens with two attached hydrogens (primary N) is 1. The van der Waals surface area contributed by atoms with Crippen LogP contribution < -0.4 is 11.2 Å². The van der Waals surface area contributed by atoms with E-state index in [1.54, 1.807) is 31.2 Å². The van der Waals surface area contributed by atoms with Crippen molar-refractivity contribution in [3.63, 3.8) is 0 Å². The molecule has 11 nitrogen and oxygen atoms in total. The molecule has 0 atom stereocenters. The monoisotopic (exact) mass is 484 g/mol. The molecule has 4 N–H and O–H groups in total. The highest BCUT2D eigenvalue weighted by molar-refractivity contribution is 7.98. The van der Waals surface area contributed by atoms with Crippen molar-refractivity contribution in [1.29, 1.82) is 0 Å². The van der Waals surface area contributed by atoms with Crippen molar-refractivity contribution in [2.24, 2.45) is 5.10 Å². The number of carbonyl (C=O) groups is 1. The number of hydrazone groups is 1. The highest BCUT2D eigenvalue weighted by atomic mass is 35.5. The first-order valence-corrected chi connectivity index (χ1v) is 10.8. The molecular weight excluding hydrogens is 468 g/mol. The van der Waals surface area contributed by atoms with Crippen molar-refractivity contribution in [2.75, 3.05) is 5.73 Å². The molecule has 0 spiro atoms. The number of amides is 1. The molecule has 2 aromatic carbocycles. The molecule has 33 heavy (non-hydrogen) atoms. The van der Waals surface area contributed by atoms with Gasteiger partial charge in [0.05, 0.1) is 11.4 Å². The summed E-state index contributed by atoms with van der Waals surface area (Å²) in [6.45, 7) is 1.72. The summed E-state index contributed by atoms with van der Waals surface area (Å²) in [4.78, 5) is 13.8. The van der Waals surface area contributed by atoms with Crippen molar-refractivity contribution in [3.05, 3.63) is 70.5 Å². The fourth-order valence-corrected chi connectivity index (χ4v) is 3.77. The molecule has 13 heteroatoms.